The van der Waals surface area contributed by atoms with E-state index in [9.17, 15) is 19.8 Å². The third-order valence-electron chi connectivity index (χ3n) is 9.34. The molecule has 1 aliphatic rings. The van der Waals surface area contributed by atoms with E-state index in [0.717, 1.165) is 37.2 Å². The molecule has 0 spiro atoms. The zero-order chi connectivity index (χ0) is 37.6. The van der Waals surface area contributed by atoms with Crippen LogP contribution in [0.25, 0.3) is 22.3 Å². The van der Waals surface area contributed by atoms with Crippen LogP contribution in [0.15, 0.2) is 72.8 Å². The van der Waals surface area contributed by atoms with Gasteiger partial charge in [-0.05, 0) is 124 Å². The van der Waals surface area contributed by atoms with Crippen molar-refractivity contribution in [2.24, 2.45) is 5.92 Å². The van der Waals surface area contributed by atoms with E-state index in [4.69, 9.17) is 18.9 Å². The molecular weight excluding hydrogens is 663 g/mol. The van der Waals surface area contributed by atoms with Crippen LogP contribution < -0.4 is 18.9 Å². The lowest BCUT2D eigenvalue weighted by molar-refractivity contribution is -0.131. The van der Waals surface area contributed by atoms with Crippen LogP contribution in [0.2, 0.25) is 0 Å². The number of hydrogen-bond donors (Lipinski definition) is 2. The highest BCUT2D eigenvalue weighted by Crippen LogP contribution is 2.46. The molecule has 0 unspecified atom stereocenters. The Labute approximate surface area is 307 Å². The van der Waals surface area contributed by atoms with Gasteiger partial charge in [-0.25, -0.2) is 14.0 Å². The van der Waals surface area contributed by atoms with E-state index < -0.39 is 11.9 Å². The molecule has 0 aliphatic heterocycles. The molecule has 1 aliphatic carbocycles. The summed E-state index contributed by atoms with van der Waals surface area (Å²) in [6.45, 7) is 13.1. The Morgan fingerprint density at radius 2 is 1.35 bits per heavy atom. The van der Waals surface area contributed by atoms with Gasteiger partial charge < -0.3 is 29.2 Å². The first kappa shape index (κ1) is 40.3. The molecule has 0 saturated heterocycles. The van der Waals surface area contributed by atoms with Gasteiger partial charge in [-0.1, -0.05) is 51.1 Å². The molecule has 1 fully saturated rings. The number of benzene rings is 3. The fourth-order valence-electron chi connectivity index (χ4n) is 6.44. The molecule has 3 aromatic carbocycles. The van der Waals surface area contributed by atoms with Crippen molar-refractivity contribution in [3.05, 3.63) is 84.2 Å². The minimum Gasteiger partial charge on any atom is -0.490 e. The second-order valence-electron chi connectivity index (χ2n) is 13.7. The summed E-state index contributed by atoms with van der Waals surface area (Å²) < 4.78 is 39.9. The van der Waals surface area contributed by atoms with Crippen LogP contribution in [-0.2, 0) is 9.59 Å². The molecule has 0 bridgehead atoms. The number of aliphatic hydroxyl groups is 2. The zero-order valence-electron chi connectivity index (χ0n) is 30.8. The maximum absolute atomic E-state index is 16.2. The van der Waals surface area contributed by atoms with Crippen LogP contribution in [0.5, 0.6) is 23.0 Å². The number of rotatable bonds is 19. The van der Waals surface area contributed by atoms with Gasteiger partial charge in [-0.2, -0.15) is 0 Å². The molecule has 0 amide bonds. The van der Waals surface area contributed by atoms with E-state index in [1.54, 1.807) is 49.4 Å². The summed E-state index contributed by atoms with van der Waals surface area (Å²) >= 11 is 0. The van der Waals surface area contributed by atoms with Gasteiger partial charge >= 0.3 is 11.9 Å². The van der Waals surface area contributed by atoms with E-state index >= 15 is 4.39 Å². The number of hydrogen-bond acceptors (Lipinski definition) is 8. The normalized spacial score (nSPS) is 15.5. The van der Waals surface area contributed by atoms with Crippen LogP contribution >= 0.6 is 0 Å². The lowest BCUT2D eigenvalue weighted by atomic mass is 9.77. The highest BCUT2D eigenvalue weighted by Gasteiger charge is 2.25. The Bertz CT molecular complexity index is 1710. The Hall–Kier alpha value is -4.47. The number of carbonyl (C=O) groups excluding carboxylic acids is 2. The van der Waals surface area contributed by atoms with E-state index in [1.165, 1.54) is 19.8 Å². The van der Waals surface area contributed by atoms with Crippen molar-refractivity contribution < 1.29 is 43.1 Å². The monoisotopic (exact) mass is 716 g/mol. The molecule has 0 radical (unpaired) electrons. The summed E-state index contributed by atoms with van der Waals surface area (Å²) in [5, 5.41) is 18.6. The van der Waals surface area contributed by atoms with Gasteiger partial charge in [0.1, 0.15) is 5.82 Å². The van der Waals surface area contributed by atoms with E-state index in [1.807, 2.05) is 6.07 Å². The van der Waals surface area contributed by atoms with Crippen LogP contribution in [0, 0.1) is 11.7 Å². The molecule has 9 heteroatoms. The summed E-state index contributed by atoms with van der Waals surface area (Å²) in [6, 6.07) is 13.7. The van der Waals surface area contributed by atoms with Gasteiger partial charge in [0.05, 0.1) is 13.2 Å². The van der Waals surface area contributed by atoms with Gasteiger partial charge in [-0.3, -0.25) is 0 Å². The Kier molecular flexibility index (Phi) is 15.5. The number of ether oxygens (including phenoxy) is 4. The van der Waals surface area contributed by atoms with Crippen molar-refractivity contribution in [2.75, 3.05) is 26.4 Å². The fourth-order valence-corrected chi connectivity index (χ4v) is 6.44. The predicted octanol–water partition coefficient (Wildman–Crippen LogP) is 9.50. The van der Waals surface area contributed by atoms with Crippen molar-refractivity contribution in [1.82, 2.24) is 0 Å². The standard InChI is InChI=1S/C43H53FO8/c1-6-11-30-12-14-31(15-13-30)32-16-18-35(37(44)25-32)34-24-36(41(50-23-10-8-21-46)40(27-34)52-43(48)29(4)5)33-17-19-38(51-42(47)28(2)3)39(26-33)49-22-9-7-20-45/h16-19,24-27,30-31,45-46H,2,4,6-15,20-23H2,1,3,5H3. The van der Waals surface area contributed by atoms with Crippen molar-refractivity contribution in [2.45, 2.75) is 90.9 Å². The molecule has 0 aromatic heterocycles. The van der Waals surface area contributed by atoms with Crippen LogP contribution in [0.3, 0.4) is 0 Å². The van der Waals surface area contributed by atoms with Crippen molar-refractivity contribution in [3.8, 4) is 45.3 Å². The first-order valence-corrected chi connectivity index (χ1v) is 18.4. The SMILES string of the molecule is C=C(C)C(=O)Oc1ccc(-c2cc(-c3ccc(C4CCC(CCC)CC4)cc3F)cc(OC(=O)C(=C)C)c2OCCCCO)cc1OCCCCO. The van der Waals surface area contributed by atoms with Gasteiger partial charge in [0.25, 0.3) is 0 Å². The maximum Gasteiger partial charge on any atom is 0.338 e. The number of esters is 2. The average molecular weight is 717 g/mol. The summed E-state index contributed by atoms with van der Waals surface area (Å²) in [4.78, 5) is 25.4. The number of carbonyl (C=O) groups is 2. The molecule has 280 valence electrons. The number of unbranched alkanes of at least 4 members (excludes halogenated alkanes) is 2. The molecule has 4 rings (SSSR count). The van der Waals surface area contributed by atoms with Crippen LogP contribution in [0.1, 0.15) is 96.5 Å². The molecule has 3 aromatic rings. The summed E-state index contributed by atoms with van der Waals surface area (Å²) in [5.41, 5.74) is 3.18. The first-order chi connectivity index (χ1) is 25.1. The number of halogens is 1. The quantitative estimate of drug-likeness (QED) is 0.0546. The summed E-state index contributed by atoms with van der Waals surface area (Å²) in [6.07, 6.45) is 8.91. The Balaban J connectivity index is 1.84. The van der Waals surface area contributed by atoms with Crippen molar-refractivity contribution in [1.29, 1.82) is 0 Å². The maximum atomic E-state index is 16.2. The topological polar surface area (TPSA) is 112 Å². The van der Waals surface area contributed by atoms with E-state index in [2.05, 4.69) is 20.1 Å². The zero-order valence-corrected chi connectivity index (χ0v) is 30.8. The lowest BCUT2D eigenvalue weighted by Crippen LogP contribution is -2.13. The van der Waals surface area contributed by atoms with Crippen molar-refractivity contribution in [3.63, 3.8) is 0 Å². The molecule has 2 N–H and O–H groups in total. The molecule has 0 atom stereocenters. The second kappa shape index (κ2) is 20.0. The molecule has 0 heterocycles. The first-order valence-electron chi connectivity index (χ1n) is 18.4. The van der Waals surface area contributed by atoms with Gasteiger partial charge in [-0.15, -0.1) is 0 Å². The molecule has 8 nitrogen and oxygen atoms in total. The van der Waals surface area contributed by atoms with Gasteiger partial charge in [0.2, 0.25) is 0 Å². The molecule has 1 saturated carbocycles. The van der Waals surface area contributed by atoms with Gasteiger partial charge in [0.15, 0.2) is 23.0 Å². The smallest absolute Gasteiger partial charge is 0.338 e. The Morgan fingerprint density at radius 1 is 0.731 bits per heavy atom. The van der Waals surface area contributed by atoms with Crippen molar-refractivity contribution >= 4 is 11.9 Å². The average Bonchev–Trinajstić information content (AvgIpc) is 3.13. The minimum absolute atomic E-state index is 0.00791. The second-order valence-corrected chi connectivity index (χ2v) is 13.7. The van der Waals surface area contributed by atoms with Gasteiger partial charge in [0, 0.05) is 35.5 Å². The van der Waals surface area contributed by atoms with E-state index in [0.29, 0.717) is 53.9 Å². The largest absolute Gasteiger partial charge is 0.490 e. The fraction of sp³-hybridized carbons (Fsp3) is 0.442. The van der Waals surface area contributed by atoms with E-state index in [-0.39, 0.29) is 66.4 Å². The van der Waals surface area contributed by atoms with Crippen LogP contribution in [-0.4, -0.2) is 48.6 Å². The minimum atomic E-state index is -0.673. The summed E-state index contributed by atoms with van der Waals surface area (Å²) in [7, 11) is 0. The predicted molar refractivity (Wildman–Crippen MR) is 201 cm³/mol. The molecular formula is C43H53FO8. The molecule has 52 heavy (non-hydrogen) atoms. The lowest BCUT2D eigenvalue weighted by Gasteiger charge is -2.28. The number of aliphatic hydroxyl groups excluding tert-OH is 2. The highest BCUT2D eigenvalue weighted by molar-refractivity contribution is 5.91. The third kappa shape index (κ3) is 11.0. The van der Waals surface area contributed by atoms with Crippen LogP contribution in [0.4, 0.5) is 4.39 Å². The third-order valence-corrected chi connectivity index (χ3v) is 9.34. The Morgan fingerprint density at radius 3 is 1.94 bits per heavy atom. The highest BCUT2D eigenvalue weighted by atomic mass is 19.1. The summed E-state index contributed by atoms with van der Waals surface area (Å²) in [5.74, 6) is 0.100.